The van der Waals surface area contributed by atoms with Crippen molar-refractivity contribution in [2.75, 3.05) is 25.0 Å². The van der Waals surface area contributed by atoms with E-state index in [0.29, 0.717) is 11.4 Å². The number of nitriles is 1. The van der Waals surface area contributed by atoms with Crippen LogP contribution in [0.25, 0.3) is 0 Å². The Kier molecular flexibility index (Phi) is 5.40. The predicted octanol–water partition coefficient (Wildman–Crippen LogP) is 2.90. The van der Waals surface area contributed by atoms with Crippen molar-refractivity contribution in [2.45, 2.75) is 19.3 Å². The average Bonchev–Trinajstić information content (AvgIpc) is 2.48. The van der Waals surface area contributed by atoms with E-state index in [0.717, 1.165) is 38.2 Å². The first kappa shape index (κ1) is 14.8. The third-order valence-corrected chi connectivity index (χ3v) is 3.86. The van der Waals surface area contributed by atoms with Gasteiger partial charge >= 0.3 is 0 Å². The minimum atomic E-state index is 0.0593. The second-order valence-electron chi connectivity index (χ2n) is 5.02. The van der Waals surface area contributed by atoms with Gasteiger partial charge in [-0.15, -0.1) is 0 Å². The maximum atomic E-state index is 12.2. The molecule has 1 aliphatic heterocycles. The molecule has 0 bridgehead atoms. The number of piperidine rings is 1. The molecule has 2 rings (SSSR count). The Morgan fingerprint density at radius 2 is 2.00 bits per heavy atom. The van der Waals surface area contributed by atoms with Crippen molar-refractivity contribution in [3.05, 3.63) is 29.3 Å². The van der Waals surface area contributed by atoms with Gasteiger partial charge in [-0.05, 0) is 50.2 Å². The van der Waals surface area contributed by atoms with Gasteiger partial charge in [-0.25, -0.2) is 0 Å². The lowest BCUT2D eigenvalue weighted by molar-refractivity contribution is -0.121. The fourth-order valence-corrected chi connectivity index (χ4v) is 2.53. The summed E-state index contributed by atoms with van der Waals surface area (Å²) in [5.74, 6) is 0.135. The minimum absolute atomic E-state index is 0.0593. The highest BCUT2D eigenvalue weighted by Gasteiger charge is 2.24. The number of nitrogens with one attached hydrogen (secondary N) is 1. The second-order valence-corrected chi connectivity index (χ2v) is 5.46. The number of likely N-dealkylation sites (tertiary alicyclic amines) is 1. The number of carbonyl (C=O) groups is 1. The summed E-state index contributed by atoms with van der Waals surface area (Å²) in [5, 5.41) is 12.2. The summed E-state index contributed by atoms with van der Waals surface area (Å²) in [6.45, 7) is 2.59. The molecule has 1 saturated heterocycles. The van der Waals surface area contributed by atoms with Gasteiger partial charge in [-0.1, -0.05) is 11.6 Å². The van der Waals surface area contributed by atoms with Gasteiger partial charge in [0, 0.05) is 29.6 Å². The zero-order valence-electron chi connectivity index (χ0n) is 11.3. The van der Waals surface area contributed by atoms with Crippen LogP contribution in [0.4, 0.5) is 5.69 Å². The third-order valence-electron chi connectivity index (χ3n) is 3.61. The summed E-state index contributed by atoms with van der Waals surface area (Å²) in [7, 11) is 0. The van der Waals surface area contributed by atoms with Crippen molar-refractivity contribution in [2.24, 2.45) is 5.92 Å². The summed E-state index contributed by atoms with van der Waals surface area (Å²) in [5.41, 5.74) is 0.784. The number of halogens is 1. The second kappa shape index (κ2) is 7.28. The quantitative estimate of drug-likeness (QED) is 0.928. The van der Waals surface area contributed by atoms with Gasteiger partial charge in [-0.3, -0.25) is 4.79 Å². The Morgan fingerprint density at radius 3 is 2.60 bits per heavy atom. The van der Waals surface area contributed by atoms with E-state index in [1.807, 2.05) is 12.1 Å². The first-order valence-corrected chi connectivity index (χ1v) is 7.22. The van der Waals surface area contributed by atoms with Gasteiger partial charge in [0.25, 0.3) is 0 Å². The van der Waals surface area contributed by atoms with Crippen LogP contribution in [0.5, 0.6) is 0 Å². The molecule has 1 aromatic rings. The van der Waals surface area contributed by atoms with E-state index in [-0.39, 0.29) is 11.8 Å². The van der Waals surface area contributed by atoms with Gasteiger partial charge in [0.1, 0.15) is 0 Å². The molecule has 0 radical (unpaired) electrons. The summed E-state index contributed by atoms with van der Waals surface area (Å²) >= 11 is 5.81. The number of amides is 1. The fraction of sp³-hybridized carbons (Fsp3) is 0.467. The zero-order valence-corrected chi connectivity index (χ0v) is 12.1. The van der Waals surface area contributed by atoms with E-state index < -0.39 is 0 Å². The Labute approximate surface area is 124 Å². The van der Waals surface area contributed by atoms with Crippen LogP contribution in [0.15, 0.2) is 24.3 Å². The van der Waals surface area contributed by atoms with Crippen molar-refractivity contribution in [1.29, 1.82) is 5.26 Å². The van der Waals surface area contributed by atoms with Crippen LogP contribution < -0.4 is 5.32 Å². The molecule has 1 aromatic carbocycles. The first-order valence-electron chi connectivity index (χ1n) is 6.85. The summed E-state index contributed by atoms with van der Waals surface area (Å²) in [6, 6.07) is 9.30. The van der Waals surface area contributed by atoms with Crippen LogP contribution in [0.1, 0.15) is 19.3 Å². The first-order chi connectivity index (χ1) is 9.69. The Hall–Kier alpha value is -1.57. The lowest BCUT2D eigenvalue weighted by Gasteiger charge is -2.30. The summed E-state index contributed by atoms with van der Waals surface area (Å²) < 4.78 is 0. The highest BCUT2D eigenvalue weighted by molar-refractivity contribution is 6.30. The molecule has 0 aliphatic carbocycles. The molecule has 5 heteroatoms. The number of nitrogens with zero attached hydrogens (tertiary/aromatic N) is 2. The Balaban J connectivity index is 1.80. The fourth-order valence-electron chi connectivity index (χ4n) is 2.40. The molecule has 1 fully saturated rings. The van der Waals surface area contributed by atoms with Crippen LogP contribution in [0.2, 0.25) is 5.02 Å². The molecule has 106 valence electrons. The smallest absolute Gasteiger partial charge is 0.227 e. The highest BCUT2D eigenvalue weighted by Crippen LogP contribution is 2.20. The monoisotopic (exact) mass is 291 g/mol. The van der Waals surface area contributed by atoms with Crippen LogP contribution in [-0.4, -0.2) is 30.4 Å². The number of rotatable bonds is 4. The van der Waals surface area contributed by atoms with E-state index in [2.05, 4.69) is 16.3 Å². The van der Waals surface area contributed by atoms with Gasteiger partial charge in [0.05, 0.1) is 6.07 Å². The lowest BCUT2D eigenvalue weighted by atomic mass is 9.95. The van der Waals surface area contributed by atoms with Gasteiger partial charge in [-0.2, -0.15) is 5.26 Å². The standard InChI is InChI=1S/C15H18ClN3O/c16-13-2-4-14(5-3-13)18-15(20)12-6-10-19(11-7-12)9-1-8-17/h2-5,12H,1,6-7,9-11H2,(H,18,20). The highest BCUT2D eigenvalue weighted by atomic mass is 35.5. The number of anilines is 1. The molecule has 0 atom stereocenters. The van der Waals surface area contributed by atoms with E-state index in [1.54, 1.807) is 12.1 Å². The van der Waals surface area contributed by atoms with Crippen molar-refractivity contribution < 1.29 is 4.79 Å². The van der Waals surface area contributed by atoms with Crippen molar-refractivity contribution in [3.8, 4) is 6.07 Å². The molecule has 0 saturated carbocycles. The normalized spacial score (nSPS) is 16.6. The number of hydrogen-bond acceptors (Lipinski definition) is 3. The molecule has 1 heterocycles. The predicted molar refractivity (Wildman–Crippen MR) is 79.5 cm³/mol. The van der Waals surface area contributed by atoms with E-state index >= 15 is 0 Å². The van der Waals surface area contributed by atoms with Crippen molar-refractivity contribution >= 4 is 23.2 Å². The van der Waals surface area contributed by atoms with Gasteiger partial charge < -0.3 is 10.2 Å². The summed E-state index contributed by atoms with van der Waals surface area (Å²) in [6.07, 6.45) is 2.26. The number of hydrogen-bond donors (Lipinski definition) is 1. The molecule has 0 unspecified atom stereocenters. The maximum absolute atomic E-state index is 12.2. The molecule has 1 amide bonds. The lowest BCUT2D eigenvalue weighted by Crippen LogP contribution is -2.38. The summed E-state index contributed by atoms with van der Waals surface area (Å²) in [4.78, 5) is 14.4. The largest absolute Gasteiger partial charge is 0.326 e. The molecule has 1 N–H and O–H groups in total. The topological polar surface area (TPSA) is 56.1 Å². The maximum Gasteiger partial charge on any atom is 0.227 e. The van der Waals surface area contributed by atoms with Crippen molar-refractivity contribution in [3.63, 3.8) is 0 Å². The van der Waals surface area contributed by atoms with Gasteiger partial charge in [0.2, 0.25) is 5.91 Å². The average molecular weight is 292 g/mol. The zero-order chi connectivity index (χ0) is 14.4. The van der Waals surface area contributed by atoms with Crippen LogP contribution in [0.3, 0.4) is 0 Å². The minimum Gasteiger partial charge on any atom is -0.326 e. The molecular weight excluding hydrogens is 274 g/mol. The Morgan fingerprint density at radius 1 is 1.35 bits per heavy atom. The molecule has 20 heavy (non-hydrogen) atoms. The molecule has 0 spiro atoms. The van der Waals surface area contributed by atoms with Crippen LogP contribution in [-0.2, 0) is 4.79 Å². The third kappa shape index (κ3) is 4.22. The van der Waals surface area contributed by atoms with Gasteiger partial charge in [0.15, 0.2) is 0 Å². The van der Waals surface area contributed by atoms with Crippen LogP contribution >= 0.6 is 11.6 Å². The molecule has 1 aliphatic rings. The molecular formula is C15H18ClN3O. The van der Waals surface area contributed by atoms with Crippen LogP contribution in [0, 0.1) is 17.2 Å². The van der Waals surface area contributed by atoms with Crippen molar-refractivity contribution in [1.82, 2.24) is 4.90 Å². The molecule has 0 aromatic heterocycles. The Bertz CT molecular complexity index is 487. The molecule has 4 nitrogen and oxygen atoms in total. The van der Waals surface area contributed by atoms with E-state index in [9.17, 15) is 4.79 Å². The number of benzene rings is 1. The SMILES string of the molecule is N#CCCN1CCC(C(=O)Nc2ccc(Cl)cc2)CC1. The van der Waals surface area contributed by atoms with E-state index in [4.69, 9.17) is 16.9 Å². The number of carbonyl (C=O) groups excluding carboxylic acids is 1. The van der Waals surface area contributed by atoms with E-state index in [1.165, 1.54) is 0 Å².